The number of hydrogen-bond donors (Lipinski definition) is 1. The predicted octanol–water partition coefficient (Wildman–Crippen LogP) is 4.18. The normalized spacial score (nSPS) is 10.2. The molecule has 0 radical (unpaired) electrons. The number of nitro benzene ring substituents is 1. The summed E-state index contributed by atoms with van der Waals surface area (Å²) in [5, 5.41) is 14.7. The van der Waals surface area contributed by atoms with Gasteiger partial charge in [0.05, 0.1) is 17.7 Å². The van der Waals surface area contributed by atoms with E-state index in [9.17, 15) is 10.1 Å². The Labute approximate surface area is 127 Å². The van der Waals surface area contributed by atoms with Crippen LogP contribution in [0.5, 0.6) is 5.75 Å². The van der Waals surface area contributed by atoms with E-state index in [0.717, 1.165) is 11.3 Å². The second-order valence-electron chi connectivity index (χ2n) is 4.58. The number of rotatable bonds is 5. The zero-order valence-electron chi connectivity index (χ0n) is 11.7. The molecule has 0 amide bonds. The van der Waals surface area contributed by atoms with Crippen LogP contribution >= 0.6 is 11.6 Å². The van der Waals surface area contributed by atoms with Crippen LogP contribution in [-0.4, -0.2) is 12.0 Å². The molecule has 2 rings (SSSR count). The number of benzene rings is 2. The van der Waals surface area contributed by atoms with Crippen molar-refractivity contribution in [3.05, 3.63) is 62.7 Å². The topological polar surface area (TPSA) is 64.4 Å². The fraction of sp³-hybridized carbons (Fsp3) is 0.200. The third-order valence-electron chi connectivity index (χ3n) is 3.11. The van der Waals surface area contributed by atoms with Crippen molar-refractivity contribution in [1.82, 2.24) is 0 Å². The summed E-state index contributed by atoms with van der Waals surface area (Å²) in [4.78, 5) is 10.6. The number of nitrogens with zero attached hydrogens (tertiary/aromatic N) is 1. The second-order valence-corrected chi connectivity index (χ2v) is 5.01. The van der Waals surface area contributed by atoms with Gasteiger partial charge in [-0.2, -0.15) is 0 Å². The third-order valence-corrected chi connectivity index (χ3v) is 3.35. The van der Waals surface area contributed by atoms with Crippen molar-refractivity contribution in [3.8, 4) is 5.75 Å². The molecule has 0 aliphatic rings. The molecule has 110 valence electrons. The Bertz CT molecular complexity index is 674. The summed E-state index contributed by atoms with van der Waals surface area (Å²) >= 11 is 5.96. The minimum absolute atomic E-state index is 0.118. The summed E-state index contributed by atoms with van der Waals surface area (Å²) in [6, 6.07) is 10.4. The molecule has 0 bridgehead atoms. The Morgan fingerprint density at radius 1 is 1.29 bits per heavy atom. The van der Waals surface area contributed by atoms with Gasteiger partial charge in [-0.05, 0) is 30.7 Å². The van der Waals surface area contributed by atoms with E-state index in [1.807, 2.05) is 6.07 Å². The SMILES string of the molecule is COc1ccc(Cl)cc1NCc1ccc(C)c([N+](=O)[O-])c1. The molecule has 0 aromatic heterocycles. The number of aryl methyl sites for hydroxylation is 1. The van der Waals surface area contributed by atoms with E-state index in [-0.39, 0.29) is 10.6 Å². The summed E-state index contributed by atoms with van der Waals surface area (Å²) in [5.74, 6) is 0.668. The molecular formula is C15H15ClN2O3. The maximum Gasteiger partial charge on any atom is 0.272 e. The summed E-state index contributed by atoms with van der Waals surface area (Å²) in [6.45, 7) is 2.16. The third kappa shape index (κ3) is 3.64. The molecule has 2 aromatic rings. The van der Waals surface area contributed by atoms with Crippen LogP contribution in [-0.2, 0) is 6.54 Å². The van der Waals surface area contributed by atoms with Gasteiger partial charge in [-0.15, -0.1) is 0 Å². The Morgan fingerprint density at radius 3 is 2.71 bits per heavy atom. The lowest BCUT2D eigenvalue weighted by atomic mass is 10.1. The molecule has 2 aromatic carbocycles. The van der Waals surface area contributed by atoms with E-state index in [0.29, 0.717) is 22.9 Å². The number of anilines is 1. The molecule has 0 atom stereocenters. The standard InChI is InChI=1S/C15H15ClN2O3/c1-10-3-4-11(7-14(10)18(19)20)9-17-13-8-12(16)5-6-15(13)21-2/h3-8,17H,9H2,1-2H3. The highest BCUT2D eigenvalue weighted by Crippen LogP contribution is 2.28. The van der Waals surface area contributed by atoms with Crippen LogP contribution in [0.3, 0.4) is 0 Å². The molecule has 6 heteroatoms. The quantitative estimate of drug-likeness (QED) is 0.665. The molecule has 0 saturated carbocycles. The molecule has 1 N–H and O–H groups in total. The van der Waals surface area contributed by atoms with Gasteiger partial charge in [-0.1, -0.05) is 23.7 Å². The fourth-order valence-electron chi connectivity index (χ4n) is 1.98. The van der Waals surface area contributed by atoms with Crippen LogP contribution in [0.25, 0.3) is 0 Å². The molecular weight excluding hydrogens is 292 g/mol. The van der Waals surface area contributed by atoms with Crippen molar-refractivity contribution in [2.24, 2.45) is 0 Å². The lowest BCUT2D eigenvalue weighted by Gasteiger charge is -2.11. The minimum atomic E-state index is -0.376. The van der Waals surface area contributed by atoms with Gasteiger partial charge in [0, 0.05) is 23.2 Å². The van der Waals surface area contributed by atoms with Crippen LogP contribution in [0.2, 0.25) is 5.02 Å². The Hall–Kier alpha value is -2.27. The van der Waals surface area contributed by atoms with Crippen LogP contribution in [0, 0.1) is 17.0 Å². The van der Waals surface area contributed by atoms with Crippen molar-refractivity contribution >= 4 is 23.0 Å². The highest BCUT2D eigenvalue weighted by Gasteiger charge is 2.11. The van der Waals surface area contributed by atoms with Gasteiger partial charge in [-0.25, -0.2) is 0 Å². The summed E-state index contributed by atoms with van der Waals surface area (Å²) < 4.78 is 5.24. The van der Waals surface area contributed by atoms with E-state index in [2.05, 4.69) is 5.32 Å². The molecule has 0 saturated heterocycles. The first-order chi connectivity index (χ1) is 10.0. The highest BCUT2D eigenvalue weighted by atomic mass is 35.5. The van der Waals surface area contributed by atoms with Crippen molar-refractivity contribution < 1.29 is 9.66 Å². The largest absolute Gasteiger partial charge is 0.495 e. The zero-order chi connectivity index (χ0) is 15.4. The van der Waals surface area contributed by atoms with E-state index in [4.69, 9.17) is 16.3 Å². The van der Waals surface area contributed by atoms with E-state index in [1.165, 1.54) is 0 Å². The predicted molar refractivity (Wildman–Crippen MR) is 83.2 cm³/mol. The molecule has 0 fully saturated rings. The van der Waals surface area contributed by atoms with E-state index < -0.39 is 0 Å². The lowest BCUT2D eigenvalue weighted by Crippen LogP contribution is -2.02. The molecule has 0 spiro atoms. The Morgan fingerprint density at radius 2 is 2.05 bits per heavy atom. The number of nitro groups is 1. The van der Waals surface area contributed by atoms with Gasteiger partial charge in [0.15, 0.2) is 0 Å². The van der Waals surface area contributed by atoms with E-state index >= 15 is 0 Å². The van der Waals surface area contributed by atoms with Crippen molar-refractivity contribution in [3.63, 3.8) is 0 Å². The first-order valence-corrected chi connectivity index (χ1v) is 6.70. The maximum absolute atomic E-state index is 10.9. The van der Waals surface area contributed by atoms with Crippen LogP contribution < -0.4 is 10.1 Å². The summed E-state index contributed by atoms with van der Waals surface area (Å²) in [5.41, 5.74) is 2.32. The first kappa shape index (κ1) is 15.1. The molecule has 5 nitrogen and oxygen atoms in total. The number of methoxy groups -OCH3 is 1. The van der Waals surface area contributed by atoms with Gasteiger partial charge < -0.3 is 10.1 Å². The Balaban J connectivity index is 2.19. The van der Waals surface area contributed by atoms with Gasteiger partial charge in [0.1, 0.15) is 5.75 Å². The average Bonchev–Trinajstić information content (AvgIpc) is 2.46. The average molecular weight is 307 g/mol. The minimum Gasteiger partial charge on any atom is -0.495 e. The van der Waals surface area contributed by atoms with Crippen LogP contribution in [0.15, 0.2) is 36.4 Å². The van der Waals surface area contributed by atoms with E-state index in [1.54, 1.807) is 44.4 Å². The molecule has 21 heavy (non-hydrogen) atoms. The van der Waals surface area contributed by atoms with Crippen molar-refractivity contribution in [2.45, 2.75) is 13.5 Å². The molecule has 0 heterocycles. The van der Waals surface area contributed by atoms with Gasteiger partial charge in [0.25, 0.3) is 5.69 Å². The number of hydrogen-bond acceptors (Lipinski definition) is 4. The molecule has 0 aliphatic heterocycles. The van der Waals surface area contributed by atoms with Crippen LogP contribution in [0.4, 0.5) is 11.4 Å². The first-order valence-electron chi connectivity index (χ1n) is 6.32. The number of halogens is 1. The van der Waals surface area contributed by atoms with Gasteiger partial charge in [0.2, 0.25) is 0 Å². The maximum atomic E-state index is 10.9. The summed E-state index contributed by atoms with van der Waals surface area (Å²) in [7, 11) is 1.57. The second kappa shape index (κ2) is 6.45. The highest BCUT2D eigenvalue weighted by molar-refractivity contribution is 6.30. The lowest BCUT2D eigenvalue weighted by molar-refractivity contribution is -0.385. The van der Waals surface area contributed by atoms with Crippen LogP contribution in [0.1, 0.15) is 11.1 Å². The van der Waals surface area contributed by atoms with Crippen molar-refractivity contribution in [1.29, 1.82) is 0 Å². The fourth-order valence-corrected chi connectivity index (χ4v) is 2.15. The summed E-state index contributed by atoms with van der Waals surface area (Å²) in [6.07, 6.45) is 0. The van der Waals surface area contributed by atoms with Gasteiger partial charge >= 0.3 is 0 Å². The molecule has 0 unspecified atom stereocenters. The smallest absolute Gasteiger partial charge is 0.272 e. The number of nitrogens with one attached hydrogen (secondary N) is 1. The monoisotopic (exact) mass is 306 g/mol. The van der Waals surface area contributed by atoms with Crippen molar-refractivity contribution in [2.75, 3.05) is 12.4 Å². The number of ether oxygens (including phenoxy) is 1. The Kier molecular flexibility index (Phi) is 4.65. The van der Waals surface area contributed by atoms with Gasteiger partial charge in [-0.3, -0.25) is 10.1 Å². The molecule has 0 aliphatic carbocycles. The zero-order valence-corrected chi connectivity index (χ0v) is 12.5.